The van der Waals surface area contributed by atoms with E-state index in [4.69, 9.17) is 4.74 Å². The molecule has 10 heteroatoms. The molecule has 1 aliphatic heterocycles. The topological polar surface area (TPSA) is 128 Å². The van der Waals surface area contributed by atoms with Gasteiger partial charge in [-0.05, 0) is 55.8 Å². The molecule has 2 aromatic rings. The quantitative estimate of drug-likeness (QED) is 0.411. The van der Waals surface area contributed by atoms with Crippen LogP contribution in [0.25, 0.3) is 0 Å². The Morgan fingerprint density at radius 3 is 2.43 bits per heavy atom. The van der Waals surface area contributed by atoms with E-state index in [1.54, 1.807) is 0 Å². The molecular weight excluding hydrogens is 386 g/mol. The van der Waals surface area contributed by atoms with Gasteiger partial charge < -0.3 is 10.1 Å². The molecule has 9 nitrogen and oxygen atoms in total. The highest BCUT2D eigenvalue weighted by Crippen LogP contribution is 2.20. The molecule has 3 rings (SSSR count). The summed E-state index contributed by atoms with van der Waals surface area (Å²) in [7, 11) is -3.91. The number of nitro benzene ring substituents is 1. The van der Waals surface area contributed by atoms with Crippen molar-refractivity contribution in [3.63, 3.8) is 0 Å². The van der Waals surface area contributed by atoms with Gasteiger partial charge in [0.05, 0.1) is 15.4 Å². The van der Waals surface area contributed by atoms with Crippen molar-refractivity contribution in [1.29, 1.82) is 0 Å². The van der Waals surface area contributed by atoms with Crippen LogP contribution < -0.4 is 10.0 Å². The van der Waals surface area contributed by atoms with Crippen LogP contribution in [0.5, 0.6) is 0 Å². The van der Waals surface area contributed by atoms with Gasteiger partial charge in [0.25, 0.3) is 15.7 Å². The lowest BCUT2D eigenvalue weighted by molar-refractivity contribution is -0.384. The van der Waals surface area contributed by atoms with Crippen molar-refractivity contribution in [1.82, 2.24) is 5.32 Å². The number of carbonyl (C=O) groups excluding carboxylic acids is 1. The van der Waals surface area contributed by atoms with Crippen LogP contribution in [-0.2, 0) is 14.8 Å². The van der Waals surface area contributed by atoms with E-state index in [9.17, 15) is 23.3 Å². The summed E-state index contributed by atoms with van der Waals surface area (Å²) in [5.41, 5.74) is 0.373. The standard InChI is InChI=1S/C18H19N3O6S/c22-18(27-12-15-2-1-11-19-15)13-3-5-14(6-4-13)20-28(25,26)17-9-7-16(8-10-17)21(23)24/h3-10,15,19-20H,1-2,11-12H2. The smallest absolute Gasteiger partial charge is 0.338 e. The van der Waals surface area contributed by atoms with Crippen LogP contribution in [0.4, 0.5) is 11.4 Å². The number of hydrogen-bond acceptors (Lipinski definition) is 7. The van der Waals surface area contributed by atoms with E-state index < -0.39 is 20.9 Å². The zero-order valence-electron chi connectivity index (χ0n) is 14.8. The maximum absolute atomic E-state index is 12.4. The monoisotopic (exact) mass is 405 g/mol. The van der Waals surface area contributed by atoms with Gasteiger partial charge >= 0.3 is 5.97 Å². The molecule has 1 saturated heterocycles. The van der Waals surface area contributed by atoms with Gasteiger partial charge in [0, 0.05) is 23.9 Å². The lowest BCUT2D eigenvalue weighted by Crippen LogP contribution is -2.28. The minimum absolute atomic E-state index is 0.106. The summed E-state index contributed by atoms with van der Waals surface area (Å²) in [6, 6.07) is 10.6. The first-order valence-corrected chi connectivity index (χ1v) is 10.1. The van der Waals surface area contributed by atoms with Crippen molar-refractivity contribution in [3.05, 3.63) is 64.2 Å². The number of rotatable bonds is 7. The van der Waals surface area contributed by atoms with Gasteiger partial charge in [0.15, 0.2) is 0 Å². The van der Waals surface area contributed by atoms with Crippen molar-refractivity contribution in [2.24, 2.45) is 0 Å². The highest BCUT2D eigenvalue weighted by atomic mass is 32.2. The van der Waals surface area contributed by atoms with E-state index in [0.717, 1.165) is 43.7 Å². The number of sulfonamides is 1. The molecule has 0 saturated carbocycles. The van der Waals surface area contributed by atoms with Crippen LogP contribution >= 0.6 is 0 Å². The van der Waals surface area contributed by atoms with Gasteiger partial charge in [0.2, 0.25) is 0 Å². The van der Waals surface area contributed by atoms with E-state index in [2.05, 4.69) is 10.0 Å². The Hall–Kier alpha value is -2.98. The van der Waals surface area contributed by atoms with E-state index in [0.29, 0.717) is 12.2 Å². The fourth-order valence-corrected chi connectivity index (χ4v) is 3.85. The molecule has 28 heavy (non-hydrogen) atoms. The maximum atomic E-state index is 12.4. The lowest BCUT2D eigenvalue weighted by Gasteiger charge is -2.11. The average molecular weight is 405 g/mol. The van der Waals surface area contributed by atoms with Crippen LogP contribution in [0.3, 0.4) is 0 Å². The number of anilines is 1. The van der Waals surface area contributed by atoms with E-state index in [-0.39, 0.29) is 22.3 Å². The number of non-ortho nitro benzene ring substituents is 1. The maximum Gasteiger partial charge on any atom is 0.338 e. The SMILES string of the molecule is O=C(OCC1CCCN1)c1ccc(NS(=O)(=O)c2ccc([N+](=O)[O-])cc2)cc1. The Kier molecular flexibility index (Phi) is 5.90. The molecule has 1 heterocycles. The zero-order chi connectivity index (χ0) is 20.1. The Bertz CT molecular complexity index is 952. The normalized spacial score (nSPS) is 16.5. The van der Waals surface area contributed by atoms with Crippen molar-refractivity contribution >= 4 is 27.4 Å². The fourth-order valence-electron chi connectivity index (χ4n) is 2.79. The Morgan fingerprint density at radius 2 is 1.86 bits per heavy atom. The molecule has 1 aliphatic rings. The second kappa shape index (κ2) is 8.36. The van der Waals surface area contributed by atoms with E-state index in [1.165, 1.54) is 24.3 Å². The summed E-state index contributed by atoms with van der Waals surface area (Å²) in [6.45, 7) is 1.22. The van der Waals surface area contributed by atoms with Gasteiger partial charge in [-0.1, -0.05) is 0 Å². The van der Waals surface area contributed by atoms with Crippen LogP contribution in [0.1, 0.15) is 23.2 Å². The Labute approximate surface area is 161 Å². The van der Waals surface area contributed by atoms with Gasteiger partial charge in [0.1, 0.15) is 6.61 Å². The first-order valence-electron chi connectivity index (χ1n) is 8.63. The molecule has 0 aromatic heterocycles. The largest absolute Gasteiger partial charge is 0.460 e. The Balaban J connectivity index is 1.62. The van der Waals surface area contributed by atoms with Crippen molar-refractivity contribution in [3.8, 4) is 0 Å². The van der Waals surface area contributed by atoms with Crippen molar-refractivity contribution < 1.29 is 22.9 Å². The van der Waals surface area contributed by atoms with Gasteiger partial charge in [-0.3, -0.25) is 14.8 Å². The minimum Gasteiger partial charge on any atom is -0.460 e. The molecule has 0 bridgehead atoms. The highest BCUT2D eigenvalue weighted by Gasteiger charge is 2.18. The fraction of sp³-hybridized carbons (Fsp3) is 0.278. The predicted molar refractivity (Wildman–Crippen MR) is 102 cm³/mol. The number of hydrogen-bond donors (Lipinski definition) is 2. The van der Waals surface area contributed by atoms with Crippen LogP contribution in [0.15, 0.2) is 53.4 Å². The zero-order valence-corrected chi connectivity index (χ0v) is 15.6. The number of nitrogens with one attached hydrogen (secondary N) is 2. The summed E-state index contributed by atoms with van der Waals surface area (Å²) < 4.78 is 32.4. The molecule has 148 valence electrons. The summed E-state index contributed by atoms with van der Waals surface area (Å²) in [6.07, 6.45) is 2.03. The van der Waals surface area contributed by atoms with Crippen LogP contribution in [0.2, 0.25) is 0 Å². The number of nitrogens with zero attached hydrogens (tertiary/aromatic N) is 1. The van der Waals surface area contributed by atoms with Gasteiger partial charge in [-0.25, -0.2) is 13.2 Å². The molecule has 1 atom stereocenters. The highest BCUT2D eigenvalue weighted by molar-refractivity contribution is 7.92. The molecular formula is C18H19N3O6S. The molecule has 0 aliphatic carbocycles. The second-order valence-electron chi connectivity index (χ2n) is 6.33. The Morgan fingerprint density at radius 1 is 1.18 bits per heavy atom. The van der Waals surface area contributed by atoms with Crippen LogP contribution in [0, 0.1) is 10.1 Å². The second-order valence-corrected chi connectivity index (χ2v) is 8.01. The lowest BCUT2D eigenvalue weighted by atomic mass is 10.2. The van der Waals surface area contributed by atoms with Crippen LogP contribution in [-0.4, -0.2) is 38.5 Å². The number of carbonyl (C=O) groups is 1. The number of benzene rings is 2. The van der Waals surface area contributed by atoms with E-state index >= 15 is 0 Å². The minimum atomic E-state index is -3.91. The van der Waals surface area contributed by atoms with Crippen molar-refractivity contribution in [2.45, 2.75) is 23.8 Å². The van der Waals surface area contributed by atoms with E-state index in [1.807, 2.05) is 0 Å². The summed E-state index contributed by atoms with van der Waals surface area (Å²) in [5, 5.41) is 13.9. The number of esters is 1. The molecule has 2 N–H and O–H groups in total. The third kappa shape index (κ3) is 4.84. The summed E-state index contributed by atoms with van der Waals surface area (Å²) >= 11 is 0. The molecule has 0 spiro atoms. The third-order valence-electron chi connectivity index (χ3n) is 4.31. The molecule has 0 radical (unpaired) electrons. The molecule has 1 unspecified atom stereocenters. The average Bonchev–Trinajstić information content (AvgIpc) is 3.20. The van der Waals surface area contributed by atoms with Crippen molar-refractivity contribution in [2.75, 3.05) is 17.9 Å². The van der Waals surface area contributed by atoms with Gasteiger partial charge in [-0.2, -0.15) is 0 Å². The summed E-state index contributed by atoms with van der Waals surface area (Å²) in [4.78, 5) is 22.0. The third-order valence-corrected chi connectivity index (χ3v) is 5.71. The first kappa shape index (κ1) is 19.8. The molecule has 2 aromatic carbocycles. The van der Waals surface area contributed by atoms with Gasteiger partial charge in [-0.15, -0.1) is 0 Å². The number of ether oxygens (including phenoxy) is 1. The summed E-state index contributed by atoms with van der Waals surface area (Å²) in [5.74, 6) is -0.474. The predicted octanol–water partition coefficient (Wildman–Crippen LogP) is 2.30. The molecule has 1 fully saturated rings. The molecule has 0 amide bonds. The number of nitro groups is 1. The first-order chi connectivity index (χ1) is 13.3.